The molecule has 6 unspecified atom stereocenters. The number of ether oxygens (including phenoxy) is 2. The number of allylic oxidation sites excluding steroid dienone is 16. The average molecular weight is 907 g/mol. The molecule has 0 bridgehead atoms. The van der Waals surface area contributed by atoms with Crippen molar-refractivity contribution in [1.82, 2.24) is 0 Å². The standard InChI is InChI=1S/C49H79O13P/c1-3-5-7-9-11-13-15-17-19-20-21-22-24-25-27-29-31-33-35-37-42(50)59-39-41(40-60-63(57,58)62-49-47(55)45(53)44(52)46(54)48(49)56)61-43(51)38-36-34-32-30-28-26-23-18-16-14-12-10-8-6-4-2/h5-8,11-14,17-19,21-23,25,27,41,44-49,52-56H,3-4,9-10,15-16,20,24,26,28-40H2,1-2H3,(H,57,58)/b7-5+,8-6+,13-11+,14-12+,19-17+,22-21+,23-18+,27-25+/t41-,44?,45-,46?,47?,48?,49?/m0/s1. The van der Waals surface area contributed by atoms with Gasteiger partial charge in [0.1, 0.15) is 43.2 Å². The van der Waals surface area contributed by atoms with E-state index in [1.165, 1.54) is 0 Å². The molecule has 0 radical (unpaired) electrons. The van der Waals surface area contributed by atoms with Crippen LogP contribution in [0, 0.1) is 0 Å². The van der Waals surface area contributed by atoms with Gasteiger partial charge < -0.3 is 39.9 Å². The van der Waals surface area contributed by atoms with Gasteiger partial charge in [0.2, 0.25) is 0 Å². The summed E-state index contributed by atoms with van der Waals surface area (Å²) in [5.74, 6) is -1.17. The molecular formula is C49H79O13P. The molecule has 8 atom stereocenters. The van der Waals surface area contributed by atoms with E-state index >= 15 is 0 Å². The molecule has 63 heavy (non-hydrogen) atoms. The monoisotopic (exact) mass is 907 g/mol. The Hall–Kier alpha value is -3.23. The maximum atomic E-state index is 12.8. The molecular weight excluding hydrogens is 827 g/mol. The number of phosphoric ester groups is 1. The number of carbonyl (C=O) groups excluding carboxylic acids is 2. The van der Waals surface area contributed by atoms with Crippen molar-refractivity contribution < 1.29 is 63.1 Å². The van der Waals surface area contributed by atoms with Gasteiger partial charge >= 0.3 is 19.8 Å². The van der Waals surface area contributed by atoms with Crippen molar-refractivity contribution in [2.75, 3.05) is 13.2 Å². The van der Waals surface area contributed by atoms with Gasteiger partial charge in [0.05, 0.1) is 6.61 Å². The van der Waals surface area contributed by atoms with E-state index < -0.39 is 75.7 Å². The van der Waals surface area contributed by atoms with Crippen LogP contribution in [0.4, 0.5) is 0 Å². The van der Waals surface area contributed by atoms with Gasteiger partial charge in [0.25, 0.3) is 0 Å². The van der Waals surface area contributed by atoms with Gasteiger partial charge in [-0.3, -0.25) is 18.6 Å². The Kier molecular flexibility index (Phi) is 34.9. The maximum absolute atomic E-state index is 12.8. The van der Waals surface area contributed by atoms with Crippen LogP contribution in [0.15, 0.2) is 97.2 Å². The van der Waals surface area contributed by atoms with Crippen molar-refractivity contribution in [3.8, 4) is 0 Å². The normalized spacial score (nSPS) is 22.6. The van der Waals surface area contributed by atoms with E-state index in [4.69, 9.17) is 18.5 Å². The van der Waals surface area contributed by atoms with E-state index in [0.717, 1.165) is 103 Å². The van der Waals surface area contributed by atoms with E-state index in [9.17, 15) is 44.6 Å². The number of unbranched alkanes of at least 4 members (excludes halogenated alkanes) is 8. The molecule has 0 spiro atoms. The van der Waals surface area contributed by atoms with E-state index in [1.54, 1.807) is 0 Å². The maximum Gasteiger partial charge on any atom is 0.472 e. The predicted molar refractivity (Wildman–Crippen MR) is 248 cm³/mol. The molecule has 14 heteroatoms. The highest BCUT2D eigenvalue weighted by Gasteiger charge is 2.51. The largest absolute Gasteiger partial charge is 0.472 e. The topological polar surface area (TPSA) is 210 Å². The number of hydrogen-bond donors (Lipinski definition) is 6. The van der Waals surface area contributed by atoms with Gasteiger partial charge in [-0.2, -0.15) is 0 Å². The summed E-state index contributed by atoms with van der Waals surface area (Å²) in [5, 5.41) is 50.2. The second-order valence-corrected chi connectivity index (χ2v) is 16.9. The van der Waals surface area contributed by atoms with E-state index in [1.807, 2.05) is 0 Å². The van der Waals surface area contributed by atoms with Crippen LogP contribution < -0.4 is 0 Å². The number of rotatable bonds is 36. The molecule has 0 aromatic carbocycles. The third-order valence-corrected chi connectivity index (χ3v) is 10.9. The SMILES string of the molecule is CC/C=C/C/C=C/C/C=C/C/C=C/C/C=C/CCCCCC(=O)OC[C@@H](COP(=O)(O)OC1C(O)C(O)C(O)[C@H](O)C1O)OC(=O)CCCCCCC/C=C/C/C=C/C/C=C/CC. The number of phosphoric acid groups is 1. The Morgan fingerprint density at radius 1 is 0.492 bits per heavy atom. The molecule has 1 rings (SSSR count). The van der Waals surface area contributed by atoms with Crippen LogP contribution in [0.3, 0.4) is 0 Å². The molecule has 0 heterocycles. The minimum Gasteiger partial charge on any atom is -0.462 e. The summed E-state index contributed by atoms with van der Waals surface area (Å²) in [6.45, 7) is 3.01. The van der Waals surface area contributed by atoms with Crippen molar-refractivity contribution in [3.05, 3.63) is 97.2 Å². The fraction of sp³-hybridized carbons (Fsp3) is 0.633. The highest BCUT2D eigenvalue weighted by atomic mass is 31.2. The van der Waals surface area contributed by atoms with Crippen molar-refractivity contribution in [2.45, 2.75) is 185 Å². The van der Waals surface area contributed by atoms with Crippen LogP contribution in [-0.2, 0) is 32.7 Å². The first-order valence-corrected chi connectivity index (χ1v) is 24.5. The summed E-state index contributed by atoms with van der Waals surface area (Å²) in [7, 11) is -5.14. The number of aliphatic hydroxyl groups excluding tert-OH is 5. The van der Waals surface area contributed by atoms with Crippen LogP contribution in [0.1, 0.15) is 142 Å². The van der Waals surface area contributed by atoms with Gasteiger partial charge in [0, 0.05) is 12.8 Å². The molecule has 1 fully saturated rings. The average Bonchev–Trinajstić information content (AvgIpc) is 3.26. The Morgan fingerprint density at radius 3 is 1.32 bits per heavy atom. The molecule has 0 aromatic rings. The smallest absolute Gasteiger partial charge is 0.462 e. The Bertz CT molecular complexity index is 1470. The van der Waals surface area contributed by atoms with Crippen molar-refractivity contribution >= 4 is 19.8 Å². The minimum atomic E-state index is -5.14. The lowest BCUT2D eigenvalue weighted by Gasteiger charge is -2.41. The zero-order chi connectivity index (χ0) is 46.4. The van der Waals surface area contributed by atoms with E-state index in [-0.39, 0.29) is 12.8 Å². The highest BCUT2D eigenvalue weighted by molar-refractivity contribution is 7.47. The van der Waals surface area contributed by atoms with Crippen molar-refractivity contribution in [3.63, 3.8) is 0 Å². The van der Waals surface area contributed by atoms with Gasteiger partial charge in [-0.1, -0.05) is 137 Å². The number of carbonyl (C=O) groups is 2. The number of esters is 2. The molecule has 358 valence electrons. The summed E-state index contributed by atoms with van der Waals surface area (Å²) in [5.41, 5.74) is 0. The Labute approximate surface area is 377 Å². The minimum absolute atomic E-state index is 0.0634. The van der Waals surface area contributed by atoms with Crippen LogP contribution in [0.5, 0.6) is 0 Å². The van der Waals surface area contributed by atoms with E-state index in [0.29, 0.717) is 12.8 Å². The molecule has 0 amide bonds. The summed E-state index contributed by atoms with van der Waals surface area (Å²) in [4.78, 5) is 35.7. The number of hydrogen-bond acceptors (Lipinski definition) is 12. The van der Waals surface area contributed by atoms with Gasteiger partial charge in [-0.05, 0) is 89.9 Å². The molecule has 1 saturated carbocycles. The number of aliphatic hydroxyl groups is 5. The molecule has 0 saturated heterocycles. The third-order valence-electron chi connectivity index (χ3n) is 9.92. The second-order valence-electron chi connectivity index (χ2n) is 15.5. The van der Waals surface area contributed by atoms with Crippen molar-refractivity contribution in [1.29, 1.82) is 0 Å². The molecule has 6 N–H and O–H groups in total. The first-order chi connectivity index (χ1) is 30.4. The van der Waals surface area contributed by atoms with Crippen LogP contribution in [0.2, 0.25) is 0 Å². The fourth-order valence-electron chi connectivity index (χ4n) is 6.27. The zero-order valence-corrected chi connectivity index (χ0v) is 38.7. The fourth-order valence-corrected chi connectivity index (χ4v) is 7.24. The summed E-state index contributed by atoms with van der Waals surface area (Å²) in [6.07, 6.45) is 37.4. The second kappa shape index (κ2) is 38.1. The molecule has 13 nitrogen and oxygen atoms in total. The summed E-state index contributed by atoms with van der Waals surface area (Å²) < 4.78 is 33.5. The van der Waals surface area contributed by atoms with Crippen LogP contribution in [0.25, 0.3) is 0 Å². The lowest BCUT2D eigenvalue weighted by molar-refractivity contribution is -0.220. The Morgan fingerprint density at radius 2 is 0.857 bits per heavy atom. The molecule has 1 aliphatic carbocycles. The highest BCUT2D eigenvalue weighted by Crippen LogP contribution is 2.47. The van der Waals surface area contributed by atoms with E-state index in [2.05, 4.69) is 111 Å². The predicted octanol–water partition coefficient (Wildman–Crippen LogP) is 9.05. The van der Waals surface area contributed by atoms with Gasteiger partial charge in [0.15, 0.2) is 6.10 Å². The molecule has 0 aliphatic heterocycles. The molecule has 0 aromatic heterocycles. The Balaban J connectivity index is 2.50. The molecule has 1 aliphatic rings. The lowest BCUT2D eigenvalue weighted by atomic mass is 9.85. The quantitative estimate of drug-likeness (QED) is 0.0150. The zero-order valence-electron chi connectivity index (χ0n) is 37.8. The van der Waals surface area contributed by atoms with Crippen molar-refractivity contribution in [2.24, 2.45) is 0 Å². The summed E-state index contributed by atoms with van der Waals surface area (Å²) in [6, 6.07) is 0. The van der Waals surface area contributed by atoms with Crippen LogP contribution in [-0.4, -0.2) is 98.3 Å². The first kappa shape index (κ1) is 57.8. The van der Waals surface area contributed by atoms with Crippen LogP contribution >= 0.6 is 7.82 Å². The van der Waals surface area contributed by atoms with Gasteiger partial charge in [-0.15, -0.1) is 0 Å². The van der Waals surface area contributed by atoms with Gasteiger partial charge in [-0.25, -0.2) is 4.57 Å². The third kappa shape index (κ3) is 30.5. The lowest BCUT2D eigenvalue weighted by Crippen LogP contribution is -2.64. The first-order valence-electron chi connectivity index (χ1n) is 23.0. The summed E-state index contributed by atoms with van der Waals surface area (Å²) >= 11 is 0.